The van der Waals surface area contributed by atoms with Gasteiger partial charge in [0, 0.05) is 5.56 Å². The molecule has 3 N–H and O–H groups in total. The van der Waals surface area contributed by atoms with Crippen molar-refractivity contribution in [3.63, 3.8) is 0 Å². The molecule has 0 saturated carbocycles. The number of rotatable bonds is 4. The highest BCUT2D eigenvalue weighted by Crippen LogP contribution is 2.16. The minimum Gasteiger partial charge on any atom is -0.508 e. The molecule has 0 fully saturated rings. The van der Waals surface area contributed by atoms with Crippen LogP contribution in [0.5, 0.6) is 5.75 Å². The molecule has 0 radical (unpaired) electrons. The van der Waals surface area contributed by atoms with Crippen molar-refractivity contribution >= 4 is 5.91 Å². The van der Waals surface area contributed by atoms with Crippen molar-refractivity contribution in [2.45, 2.75) is 19.4 Å². The minimum absolute atomic E-state index is 0.125. The molecule has 1 heterocycles. The smallest absolute Gasteiger partial charge is 0.225 e. The topological polar surface area (TPSA) is 90.9 Å². The van der Waals surface area contributed by atoms with Gasteiger partial charge in [-0.25, -0.2) is 4.98 Å². The lowest BCUT2D eigenvalue weighted by Gasteiger charge is -2.11. The standard InChI is InChI=1S/C12H14N4O2/c1-8(12-13-7-14-16-12)15-11(18)6-9-4-2-3-5-10(9)17/h2-5,7-8,17H,6H2,1H3,(H,15,18)(H,13,14,16). The van der Waals surface area contributed by atoms with Gasteiger partial charge in [0.25, 0.3) is 0 Å². The van der Waals surface area contributed by atoms with Crippen LogP contribution in [0.25, 0.3) is 0 Å². The third kappa shape index (κ3) is 2.85. The molecule has 18 heavy (non-hydrogen) atoms. The van der Waals surface area contributed by atoms with E-state index in [1.54, 1.807) is 24.3 Å². The molecule has 6 heteroatoms. The first-order valence-electron chi connectivity index (χ1n) is 5.58. The number of H-pyrrole nitrogens is 1. The summed E-state index contributed by atoms with van der Waals surface area (Å²) in [4.78, 5) is 15.7. The zero-order chi connectivity index (χ0) is 13.0. The van der Waals surface area contributed by atoms with Gasteiger partial charge in [-0.15, -0.1) is 0 Å². The number of hydrogen-bond donors (Lipinski definition) is 3. The number of aromatic nitrogens is 3. The lowest BCUT2D eigenvalue weighted by Crippen LogP contribution is -2.28. The highest BCUT2D eigenvalue weighted by molar-refractivity contribution is 5.79. The molecule has 2 rings (SSSR count). The van der Waals surface area contributed by atoms with E-state index in [2.05, 4.69) is 20.5 Å². The number of amides is 1. The van der Waals surface area contributed by atoms with Gasteiger partial charge in [-0.1, -0.05) is 18.2 Å². The Labute approximate surface area is 104 Å². The van der Waals surface area contributed by atoms with Crippen molar-refractivity contribution in [1.29, 1.82) is 0 Å². The summed E-state index contributed by atoms with van der Waals surface area (Å²) in [6, 6.07) is 6.53. The molecular weight excluding hydrogens is 232 g/mol. The van der Waals surface area contributed by atoms with E-state index in [0.29, 0.717) is 11.4 Å². The second kappa shape index (κ2) is 5.31. The predicted octanol–water partition coefficient (Wildman–Crippen LogP) is 0.930. The lowest BCUT2D eigenvalue weighted by molar-refractivity contribution is -0.121. The van der Waals surface area contributed by atoms with E-state index >= 15 is 0 Å². The van der Waals surface area contributed by atoms with E-state index in [1.165, 1.54) is 6.33 Å². The fourth-order valence-electron chi connectivity index (χ4n) is 1.62. The number of phenolic OH excluding ortho intramolecular Hbond substituents is 1. The first-order valence-corrected chi connectivity index (χ1v) is 5.58. The van der Waals surface area contributed by atoms with E-state index in [0.717, 1.165) is 0 Å². The highest BCUT2D eigenvalue weighted by atomic mass is 16.3. The summed E-state index contributed by atoms with van der Waals surface area (Å²) in [5, 5.41) is 18.8. The summed E-state index contributed by atoms with van der Waals surface area (Å²) in [6.07, 6.45) is 1.52. The molecule has 94 valence electrons. The minimum atomic E-state index is -0.245. The second-order valence-electron chi connectivity index (χ2n) is 3.97. The Kier molecular flexibility index (Phi) is 3.57. The molecule has 1 aromatic heterocycles. The zero-order valence-corrected chi connectivity index (χ0v) is 9.92. The summed E-state index contributed by atoms with van der Waals surface area (Å²) >= 11 is 0. The number of phenols is 1. The van der Waals surface area contributed by atoms with E-state index in [-0.39, 0.29) is 24.1 Å². The molecule has 1 unspecified atom stereocenters. The second-order valence-corrected chi connectivity index (χ2v) is 3.97. The number of aromatic amines is 1. The molecule has 0 saturated heterocycles. The molecule has 0 aliphatic heterocycles. The van der Waals surface area contributed by atoms with Crippen LogP contribution in [-0.2, 0) is 11.2 Å². The van der Waals surface area contributed by atoms with Gasteiger partial charge < -0.3 is 10.4 Å². The summed E-state index contributed by atoms with van der Waals surface area (Å²) < 4.78 is 0. The maximum absolute atomic E-state index is 11.8. The molecule has 1 amide bonds. The van der Waals surface area contributed by atoms with Gasteiger partial charge >= 0.3 is 0 Å². The molecule has 0 bridgehead atoms. The Morgan fingerprint density at radius 1 is 1.50 bits per heavy atom. The van der Waals surface area contributed by atoms with Crippen LogP contribution in [0.4, 0.5) is 0 Å². The van der Waals surface area contributed by atoms with Gasteiger partial charge in [0.1, 0.15) is 17.9 Å². The predicted molar refractivity (Wildman–Crippen MR) is 64.8 cm³/mol. The van der Waals surface area contributed by atoms with Crippen molar-refractivity contribution < 1.29 is 9.90 Å². The van der Waals surface area contributed by atoms with Crippen LogP contribution in [0, 0.1) is 0 Å². The normalized spacial score (nSPS) is 12.1. The number of carbonyl (C=O) groups is 1. The van der Waals surface area contributed by atoms with Crippen molar-refractivity contribution in [3.05, 3.63) is 42.0 Å². The molecule has 0 spiro atoms. The Hall–Kier alpha value is -2.37. The molecule has 1 aromatic carbocycles. The molecular formula is C12H14N4O2. The first-order chi connectivity index (χ1) is 8.66. The van der Waals surface area contributed by atoms with E-state index in [1.807, 2.05) is 6.92 Å². The van der Waals surface area contributed by atoms with E-state index < -0.39 is 0 Å². The lowest BCUT2D eigenvalue weighted by atomic mass is 10.1. The third-order valence-corrected chi connectivity index (χ3v) is 2.56. The number of hydrogen-bond acceptors (Lipinski definition) is 4. The number of para-hydroxylation sites is 1. The number of aromatic hydroxyl groups is 1. The fraction of sp³-hybridized carbons (Fsp3) is 0.250. The first kappa shape index (κ1) is 12.1. The summed E-state index contributed by atoms with van der Waals surface area (Å²) in [7, 11) is 0. The van der Waals surface area contributed by atoms with Crippen LogP contribution in [0.15, 0.2) is 30.6 Å². The summed E-state index contributed by atoms with van der Waals surface area (Å²) in [6.45, 7) is 1.81. The Bertz CT molecular complexity index is 525. The number of nitrogens with zero attached hydrogens (tertiary/aromatic N) is 2. The molecule has 1 atom stereocenters. The van der Waals surface area contributed by atoms with Gasteiger partial charge in [0.15, 0.2) is 0 Å². The van der Waals surface area contributed by atoms with Gasteiger partial charge in [-0.2, -0.15) is 5.10 Å². The number of carbonyl (C=O) groups excluding carboxylic acids is 1. The average Bonchev–Trinajstić information content (AvgIpc) is 2.85. The van der Waals surface area contributed by atoms with Crippen molar-refractivity contribution in [2.75, 3.05) is 0 Å². The van der Waals surface area contributed by atoms with Crippen molar-refractivity contribution in [3.8, 4) is 5.75 Å². The third-order valence-electron chi connectivity index (χ3n) is 2.56. The maximum atomic E-state index is 11.8. The molecule has 2 aromatic rings. The number of benzene rings is 1. The Morgan fingerprint density at radius 3 is 2.94 bits per heavy atom. The van der Waals surface area contributed by atoms with Crippen molar-refractivity contribution in [1.82, 2.24) is 20.5 Å². The van der Waals surface area contributed by atoms with Gasteiger partial charge in [0.2, 0.25) is 5.91 Å². The van der Waals surface area contributed by atoms with E-state index in [9.17, 15) is 9.90 Å². The fourth-order valence-corrected chi connectivity index (χ4v) is 1.62. The summed E-state index contributed by atoms with van der Waals surface area (Å²) in [5.74, 6) is 0.543. The van der Waals surface area contributed by atoms with Crippen LogP contribution >= 0.6 is 0 Å². The van der Waals surface area contributed by atoms with Gasteiger partial charge in [-0.05, 0) is 13.0 Å². The molecule has 0 aliphatic rings. The van der Waals surface area contributed by atoms with Crippen molar-refractivity contribution in [2.24, 2.45) is 0 Å². The molecule has 0 aliphatic carbocycles. The van der Waals surface area contributed by atoms with Crippen LogP contribution in [0.1, 0.15) is 24.4 Å². The monoisotopic (exact) mass is 246 g/mol. The number of nitrogens with one attached hydrogen (secondary N) is 2. The summed E-state index contributed by atoms with van der Waals surface area (Å²) in [5.41, 5.74) is 0.597. The van der Waals surface area contributed by atoms with Gasteiger partial charge in [0.05, 0.1) is 12.5 Å². The largest absolute Gasteiger partial charge is 0.508 e. The van der Waals surface area contributed by atoms with Crippen LogP contribution in [0.3, 0.4) is 0 Å². The van der Waals surface area contributed by atoms with E-state index in [4.69, 9.17) is 0 Å². The Morgan fingerprint density at radius 2 is 2.28 bits per heavy atom. The molecule has 6 nitrogen and oxygen atoms in total. The quantitative estimate of drug-likeness (QED) is 0.748. The van der Waals surface area contributed by atoms with Crippen LogP contribution < -0.4 is 5.32 Å². The highest BCUT2D eigenvalue weighted by Gasteiger charge is 2.13. The van der Waals surface area contributed by atoms with Crippen LogP contribution in [-0.4, -0.2) is 26.2 Å². The van der Waals surface area contributed by atoms with Crippen LogP contribution in [0.2, 0.25) is 0 Å². The van der Waals surface area contributed by atoms with Gasteiger partial charge in [-0.3, -0.25) is 9.89 Å². The zero-order valence-electron chi connectivity index (χ0n) is 9.92. The Balaban J connectivity index is 1.95. The maximum Gasteiger partial charge on any atom is 0.225 e. The average molecular weight is 246 g/mol. The SMILES string of the molecule is CC(NC(=O)Cc1ccccc1O)c1ncn[nH]1.